The Kier molecular flexibility index (Phi) is 4.96. The Morgan fingerprint density at radius 2 is 2.08 bits per heavy atom. The molecule has 1 saturated heterocycles. The third-order valence-corrected chi connectivity index (χ3v) is 7.46. The average molecular weight is 378 g/mol. The van der Waals surface area contributed by atoms with E-state index in [0.29, 0.717) is 19.6 Å². The number of sulfone groups is 1. The molecule has 0 aliphatic carbocycles. The highest BCUT2D eigenvalue weighted by Crippen LogP contribution is 2.24. The third-order valence-electron chi connectivity index (χ3n) is 4.93. The molecule has 1 aromatic carbocycles. The van der Waals surface area contributed by atoms with E-state index in [2.05, 4.69) is 10.3 Å². The molecule has 7 nitrogen and oxygen atoms in total. The van der Waals surface area contributed by atoms with Crippen molar-refractivity contribution in [2.24, 2.45) is 12.0 Å². The van der Waals surface area contributed by atoms with Crippen molar-refractivity contribution in [3.63, 3.8) is 0 Å². The standard InChI is InChI=1S/C18H27N5O2S/c1-5-19-17(23-10-11-26(24,25)18(2,3)13-23)20-12-16-21-14-8-6-7-9-15(14)22(16)4/h6-9H,5,10-13H2,1-4H3,(H,19,20). The predicted octanol–water partition coefficient (Wildman–Crippen LogP) is 1.55. The highest BCUT2D eigenvalue weighted by atomic mass is 32.2. The fourth-order valence-electron chi connectivity index (χ4n) is 3.23. The number of imidazole rings is 1. The van der Waals surface area contributed by atoms with Gasteiger partial charge >= 0.3 is 0 Å². The van der Waals surface area contributed by atoms with Crippen molar-refractivity contribution in [3.05, 3.63) is 30.1 Å². The Bertz CT molecular complexity index is 930. The van der Waals surface area contributed by atoms with Crippen molar-refractivity contribution >= 4 is 26.8 Å². The molecule has 8 heteroatoms. The van der Waals surface area contributed by atoms with Crippen LogP contribution in [-0.4, -0.2) is 59.0 Å². The van der Waals surface area contributed by atoms with Gasteiger partial charge in [0.05, 0.1) is 21.5 Å². The number of fused-ring (bicyclic) bond motifs is 1. The van der Waals surface area contributed by atoms with Crippen molar-refractivity contribution in [3.8, 4) is 0 Å². The largest absolute Gasteiger partial charge is 0.357 e. The summed E-state index contributed by atoms with van der Waals surface area (Å²) in [5.74, 6) is 1.77. The van der Waals surface area contributed by atoms with Gasteiger partial charge in [0, 0.05) is 26.7 Å². The van der Waals surface area contributed by atoms with Gasteiger partial charge in [0.25, 0.3) is 0 Å². The molecule has 0 bridgehead atoms. The summed E-state index contributed by atoms with van der Waals surface area (Å²) in [6.45, 7) is 7.63. The molecule has 1 aliphatic rings. The van der Waals surface area contributed by atoms with Gasteiger partial charge in [-0.2, -0.15) is 0 Å². The first kappa shape index (κ1) is 18.7. The molecule has 0 radical (unpaired) electrons. The molecular formula is C18H27N5O2S. The lowest BCUT2D eigenvalue weighted by Gasteiger charge is -2.39. The van der Waals surface area contributed by atoms with E-state index in [1.165, 1.54) is 0 Å². The number of hydrogen-bond acceptors (Lipinski definition) is 4. The lowest BCUT2D eigenvalue weighted by Crippen LogP contribution is -2.57. The topological polar surface area (TPSA) is 79.6 Å². The van der Waals surface area contributed by atoms with Crippen LogP contribution in [0.1, 0.15) is 26.6 Å². The van der Waals surface area contributed by atoms with Crippen LogP contribution >= 0.6 is 0 Å². The smallest absolute Gasteiger partial charge is 0.194 e. The van der Waals surface area contributed by atoms with Gasteiger partial charge in [0.1, 0.15) is 12.4 Å². The zero-order valence-electron chi connectivity index (χ0n) is 15.9. The number of guanidine groups is 1. The molecule has 0 saturated carbocycles. The minimum atomic E-state index is -3.07. The summed E-state index contributed by atoms with van der Waals surface area (Å²) in [4.78, 5) is 11.4. The van der Waals surface area contributed by atoms with E-state index >= 15 is 0 Å². The first-order valence-corrected chi connectivity index (χ1v) is 10.6. The van der Waals surface area contributed by atoms with E-state index in [0.717, 1.165) is 29.4 Å². The Balaban J connectivity index is 1.84. The maximum absolute atomic E-state index is 12.3. The van der Waals surface area contributed by atoms with Crippen LogP contribution in [0.25, 0.3) is 11.0 Å². The van der Waals surface area contributed by atoms with E-state index in [1.54, 1.807) is 13.8 Å². The number of hydrogen-bond donors (Lipinski definition) is 1. The van der Waals surface area contributed by atoms with Crippen molar-refractivity contribution in [1.29, 1.82) is 0 Å². The second-order valence-corrected chi connectivity index (χ2v) is 9.99. The van der Waals surface area contributed by atoms with Gasteiger partial charge in [-0.05, 0) is 32.9 Å². The van der Waals surface area contributed by atoms with Crippen molar-refractivity contribution in [2.45, 2.75) is 32.1 Å². The lowest BCUT2D eigenvalue weighted by molar-refractivity contribution is 0.353. The molecule has 1 aliphatic heterocycles. The molecule has 0 atom stereocenters. The van der Waals surface area contributed by atoms with Crippen LogP contribution in [0, 0.1) is 0 Å². The molecule has 0 spiro atoms. The van der Waals surface area contributed by atoms with E-state index in [-0.39, 0.29) is 5.75 Å². The number of benzene rings is 1. The van der Waals surface area contributed by atoms with Gasteiger partial charge in [0.15, 0.2) is 15.8 Å². The molecule has 26 heavy (non-hydrogen) atoms. The van der Waals surface area contributed by atoms with E-state index < -0.39 is 14.6 Å². The maximum atomic E-state index is 12.3. The molecule has 142 valence electrons. The van der Waals surface area contributed by atoms with E-state index in [9.17, 15) is 8.42 Å². The highest BCUT2D eigenvalue weighted by molar-refractivity contribution is 7.92. The lowest BCUT2D eigenvalue weighted by atomic mass is 10.2. The van der Waals surface area contributed by atoms with Crippen LogP contribution in [0.15, 0.2) is 29.3 Å². The SMILES string of the molecule is CCNC(=NCc1nc2ccccc2n1C)N1CCS(=O)(=O)C(C)(C)C1. The van der Waals surface area contributed by atoms with Gasteiger partial charge < -0.3 is 14.8 Å². The molecule has 2 heterocycles. The third kappa shape index (κ3) is 3.42. The predicted molar refractivity (Wildman–Crippen MR) is 105 cm³/mol. The summed E-state index contributed by atoms with van der Waals surface area (Å²) in [6.07, 6.45) is 0. The second-order valence-electron chi connectivity index (χ2n) is 7.25. The number of rotatable bonds is 3. The fraction of sp³-hybridized carbons (Fsp3) is 0.556. The second kappa shape index (κ2) is 6.90. The number of para-hydroxylation sites is 2. The fourth-order valence-corrected chi connectivity index (χ4v) is 4.60. The summed E-state index contributed by atoms with van der Waals surface area (Å²) in [6, 6.07) is 8.00. The number of aryl methyl sites for hydroxylation is 1. The Hall–Kier alpha value is -2.09. The molecular weight excluding hydrogens is 350 g/mol. The maximum Gasteiger partial charge on any atom is 0.194 e. The molecule has 2 aromatic rings. The number of aromatic nitrogens is 2. The van der Waals surface area contributed by atoms with Gasteiger partial charge in [-0.1, -0.05) is 12.1 Å². The highest BCUT2D eigenvalue weighted by Gasteiger charge is 2.40. The van der Waals surface area contributed by atoms with E-state index in [1.807, 2.05) is 47.7 Å². The van der Waals surface area contributed by atoms with Crippen LogP contribution in [0.5, 0.6) is 0 Å². The zero-order chi connectivity index (χ0) is 18.9. The normalized spacial score (nSPS) is 19.7. The van der Waals surface area contributed by atoms with Gasteiger partial charge in [-0.3, -0.25) is 0 Å². The van der Waals surface area contributed by atoms with Gasteiger partial charge in [-0.15, -0.1) is 0 Å². The minimum Gasteiger partial charge on any atom is -0.357 e. The molecule has 1 N–H and O–H groups in total. The van der Waals surface area contributed by atoms with Crippen LogP contribution in [0.4, 0.5) is 0 Å². The Morgan fingerprint density at radius 1 is 1.35 bits per heavy atom. The first-order chi connectivity index (χ1) is 12.2. The van der Waals surface area contributed by atoms with Crippen LogP contribution in [-0.2, 0) is 23.4 Å². The van der Waals surface area contributed by atoms with Crippen molar-refractivity contribution in [1.82, 2.24) is 19.8 Å². The molecule has 1 aromatic heterocycles. The van der Waals surface area contributed by atoms with Crippen LogP contribution in [0.2, 0.25) is 0 Å². The molecule has 0 unspecified atom stereocenters. The van der Waals surface area contributed by atoms with Gasteiger partial charge in [-0.25, -0.2) is 18.4 Å². The molecule has 0 amide bonds. The average Bonchev–Trinajstić information content (AvgIpc) is 2.91. The van der Waals surface area contributed by atoms with E-state index in [4.69, 9.17) is 4.99 Å². The van der Waals surface area contributed by atoms with Crippen LogP contribution in [0.3, 0.4) is 0 Å². The molecule has 1 fully saturated rings. The quantitative estimate of drug-likeness (QED) is 0.648. The monoisotopic (exact) mass is 377 g/mol. The first-order valence-electron chi connectivity index (χ1n) is 8.91. The number of nitrogens with zero attached hydrogens (tertiary/aromatic N) is 4. The summed E-state index contributed by atoms with van der Waals surface area (Å²) >= 11 is 0. The number of aliphatic imine (C=N–C) groups is 1. The summed E-state index contributed by atoms with van der Waals surface area (Å²) in [5, 5.41) is 3.28. The van der Waals surface area contributed by atoms with Crippen LogP contribution < -0.4 is 5.32 Å². The van der Waals surface area contributed by atoms with Crippen molar-refractivity contribution in [2.75, 3.05) is 25.4 Å². The summed E-state index contributed by atoms with van der Waals surface area (Å²) in [5.41, 5.74) is 2.03. The summed E-state index contributed by atoms with van der Waals surface area (Å²) < 4.78 is 25.8. The van der Waals surface area contributed by atoms with Crippen molar-refractivity contribution < 1.29 is 8.42 Å². The minimum absolute atomic E-state index is 0.150. The molecule has 3 rings (SSSR count). The Labute approximate surface area is 155 Å². The number of nitrogens with one attached hydrogen (secondary N) is 1. The summed E-state index contributed by atoms with van der Waals surface area (Å²) in [7, 11) is -1.08. The zero-order valence-corrected chi connectivity index (χ0v) is 16.7. The Morgan fingerprint density at radius 3 is 2.73 bits per heavy atom. The van der Waals surface area contributed by atoms with Gasteiger partial charge in [0.2, 0.25) is 0 Å².